The molecule has 0 amide bonds. The summed E-state index contributed by atoms with van der Waals surface area (Å²) in [4.78, 5) is 0. The summed E-state index contributed by atoms with van der Waals surface area (Å²) in [5, 5.41) is 1.29. The van der Waals surface area contributed by atoms with Crippen molar-refractivity contribution in [1.29, 1.82) is 0 Å². The summed E-state index contributed by atoms with van der Waals surface area (Å²) >= 11 is 12.0. The third kappa shape index (κ3) is 4.64. The number of hydrogen-bond acceptors (Lipinski definition) is 3. The number of benzene rings is 1. The van der Waals surface area contributed by atoms with Crippen LogP contribution in [-0.4, -0.2) is 25.6 Å². The molecule has 2 rings (SSSR count). The van der Waals surface area contributed by atoms with E-state index in [-0.39, 0.29) is 11.7 Å². The molecule has 0 spiro atoms. The van der Waals surface area contributed by atoms with Crippen molar-refractivity contribution in [3.05, 3.63) is 33.8 Å². The Kier molecular flexibility index (Phi) is 5.38. The van der Waals surface area contributed by atoms with Crippen molar-refractivity contribution in [2.45, 2.75) is 45.3 Å². The normalized spacial score (nSPS) is 22.1. The molecule has 1 unspecified atom stereocenters. The summed E-state index contributed by atoms with van der Waals surface area (Å²) < 4.78 is 17.0. The predicted molar refractivity (Wildman–Crippen MR) is 82.2 cm³/mol. The molecule has 1 saturated heterocycles. The zero-order valence-electron chi connectivity index (χ0n) is 12.0. The number of halogens is 2. The first kappa shape index (κ1) is 16.1. The van der Waals surface area contributed by atoms with E-state index >= 15 is 0 Å². The van der Waals surface area contributed by atoms with Crippen molar-refractivity contribution in [3.63, 3.8) is 0 Å². The fourth-order valence-corrected chi connectivity index (χ4v) is 2.83. The summed E-state index contributed by atoms with van der Waals surface area (Å²) in [6, 6.07) is 5.46. The van der Waals surface area contributed by atoms with Crippen LogP contribution in [0.15, 0.2) is 18.2 Å². The van der Waals surface area contributed by atoms with E-state index in [1.807, 2.05) is 32.9 Å². The smallest absolute Gasteiger partial charge is 0.386 e. The van der Waals surface area contributed by atoms with Gasteiger partial charge < -0.3 is 14.0 Å². The third-order valence-electron chi connectivity index (χ3n) is 3.18. The fourth-order valence-electron chi connectivity index (χ4n) is 2.33. The molecule has 0 radical (unpaired) electrons. The SMILES string of the molecule is CC1CC(C)(C)OB(OCCc2ccc(Cl)cc2Cl)O1. The van der Waals surface area contributed by atoms with Gasteiger partial charge in [-0.15, -0.1) is 0 Å². The highest BCUT2D eigenvalue weighted by molar-refractivity contribution is 6.37. The molecule has 20 heavy (non-hydrogen) atoms. The van der Waals surface area contributed by atoms with Gasteiger partial charge in [0.05, 0.1) is 5.60 Å². The van der Waals surface area contributed by atoms with Crippen LogP contribution in [0, 0.1) is 0 Å². The van der Waals surface area contributed by atoms with Gasteiger partial charge in [0.25, 0.3) is 0 Å². The Morgan fingerprint density at radius 1 is 1.40 bits per heavy atom. The Morgan fingerprint density at radius 2 is 2.15 bits per heavy atom. The molecular weight excluding hydrogens is 298 g/mol. The largest absolute Gasteiger partial charge is 0.640 e. The van der Waals surface area contributed by atoms with Crippen LogP contribution in [0.25, 0.3) is 0 Å². The number of rotatable bonds is 4. The Morgan fingerprint density at radius 3 is 2.80 bits per heavy atom. The molecule has 1 atom stereocenters. The quantitative estimate of drug-likeness (QED) is 0.781. The first-order chi connectivity index (χ1) is 9.35. The van der Waals surface area contributed by atoms with E-state index in [0.29, 0.717) is 23.1 Å². The topological polar surface area (TPSA) is 27.7 Å². The molecule has 1 aromatic rings. The zero-order valence-corrected chi connectivity index (χ0v) is 13.5. The van der Waals surface area contributed by atoms with Crippen LogP contribution in [0.5, 0.6) is 0 Å². The second-order valence-electron chi connectivity index (χ2n) is 5.67. The van der Waals surface area contributed by atoms with Crippen LogP contribution in [0.4, 0.5) is 0 Å². The van der Waals surface area contributed by atoms with Crippen molar-refractivity contribution in [3.8, 4) is 0 Å². The Balaban J connectivity index is 1.83. The van der Waals surface area contributed by atoms with Gasteiger partial charge in [0.15, 0.2) is 0 Å². The standard InChI is InChI=1S/C14H19BCl2O3/c1-10-9-14(2,3)20-15(19-10)18-7-6-11-4-5-12(16)8-13(11)17/h4-5,8,10H,6-7,9H2,1-3H3. The van der Waals surface area contributed by atoms with E-state index in [1.54, 1.807) is 6.07 Å². The summed E-state index contributed by atoms with van der Waals surface area (Å²) in [6.45, 7) is 6.59. The molecule has 6 heteroatoms. The molecule has 0 aromatic heterocycles. The predicted octanol–water partition coefficient (Wildman–Crippen LogP) is 4.14. The molecule has 1 aromatic carbocycles. The highest BCUT2D eigenvalue weighted by Crippen LogP contribution is 2.26. The Hall–Kier alpha value is -0.255. The van der Waals surface area contributed by atoms with E-state index in [9.17, 15) is 0 Å². The molecule has 1 heterocycles. The van der Waals surface area contributed by atoms with Crippen LogP contribution < -0.4 is 0 Å². The molecular formula is C14H19BCl2O3. The van der Waals surface area contributed by atoms with Crippen molar-refractivity contribution < 1.29 is 14.0 Å². The molecule has 0 N–H and O–H groups in total. The van der Waals surface area contributed by atoms with Gasteiger partial charge in [-0.2, -0.15) is 0 Å². The molecule has 0 aliphatic carbocycles. The maximum atomic E-state index is 6.12. The molecule has 1 aliphatic heterocycles. The third-order valence-corrected chi connectivity index (χ3v) is 3.77. The van der Waals surface area contributed by atoms with Gasteiger partial charge in [0.1, 0.15) is 0 Å². The lowest BCUT2D eigenvalue weighted by Gasteiger charge is -2.37. The first-order valence-corrected chi connectivity index (χ1v) is 7.50. The summed E-state index contributed by atoms with van der Waals surface area (Å²) in [5.41, 5.74) is 0.777. The number of hydrogen-bond donors (Lipinski definition) is 0. The van der Waals surface area contributed by atoms with E-state index in [0.717, 1.165) is 12.0 Å². The fraction of sp³-hybridized carbons (Fsp3) is 0.571. The van der Waals surface area contributed by atoms with Crippen LogP contribution in [0.1, 0.15) is 32.8 Å². The van der Waals surface area contributed by atoms with Crippen molar-refractivity contribution in [2.75, 3.05) is 6.61 Å². The molecule has 1 fully saturated rings. The van der Waals surface area contributed by atoms with Gasteiger partial charge in [-0.1, -0.05) is 29.3 Å². The van der Waals surface area contributed by atoms with Crippen LogP contribution in [0.3, 0.4) is 0 Å². The highest BCUT2D eigenvalue weighted by atomic mass is 35.5. The Labute approximate surface area is 130 Å². The maximum Gasteiger partial charge on any atom is 0.640 e. The lowest BCUT2D eigenvalue weighted by Crippen LogP contribution is -2.47. The van der Waals surface area contributed by atoms with E-state index < -0.39 is 7.32 Å². The van der Waals surface area contributed by atoms with E-state index in [1.165, 1.54) is 0 Å². The van der Waals surface area contributed by atoms with Crippen molar-refractivity contribution >= 4 is 30.5 Å². The first-order valence-electron chi connectivity index (χ1n) is 6.74. The van der Waals surface area contributed by atoms with E-state index in [2.05, 4.69) is 0 Å². The minimum atomic E-state index is -0.611. The van der Waals surface area contributed by atoms with Gasteiger partial charge in [0.2, 0.25) is 0 Å². The van der Waals surface area contributed by atoms with Crippen LogP contribution in [-0.2, 0) is 20.4 Å². The minimum Gasteiger partial charge on any atom is -0.386 e. The molecule has 0 saturated carbocycles. The lowest BCUT2D eigenvalue weighted by molar-refractivity contribution is -0.0686. The average molecular weight is 317 g/mol. The maximum absolute atomic E-state index is 6.12. The zero-order chi connectivity index (χ0) is 14.8. The van der Waals surface area contributed by atoms with Crippen molar-refractivity contribution in [1.82, 2.24) is 0 Å². The monoisotopic (exact) mass is 316 g/mol. The Bertz CT molecular complexity index is 468. The van der Waals surface area contributed by atoms with Gasteiger partial charge in [-0.3, -0.25) is 0 Å². The highest BCUT2D eigenvalue weighted by Gasteiger charge is 2.38. The minimum absolute atomic E-state index is 0.128. The van der Waals surface area contributed by atoms with Crippen LogP contribution in [0.2, 0.25) is 10.0 Å². The second-order valence-corrected chi connectivity index (χ2v) is 6.52. The van der Waals surface area contributed by atoms with Crippen LogP contribution >= 0.6 is 23.2 Å². The summed E-state index contributed by atoms with van der Waals surface area (Å²) in [6.07, 6.45) is 1.67. The lowest BCUT2D eigenvalue weighted by atomic mass is 9.95. The average Bonchev–Trinajstić information content (AvgIpc) is 2.29. The molecule has 1 aliphatic rings. The summed E-state index contributed by atoms with van der Waals surface area (Å²) in [5.74, 6) is 0. The van der Waals surface area contributed by atoms with Crippen molar-refractivity contribution in [2.24, 2.45) is 0 Å². The van der Waals surface area contributed by atoms with Gasteiger partial charge >= 0.3 is 7.32 Å². The van der Waals surface area contributed by atoms with Gasteiger partial charge in [0, 0.05) is 22.8 Å². The van der Waals surface area contributed by atoms with Gasteiger partial charge in [-0.25, -0.2) is 0 Å². The molecule has 0 bridgehead atoms. The summed E-state index contributed by atoms with van der Waals surface area (Å²) in [7, 11) is -0.611. The molecule has 110 valence electrons. The second kappa shape index (κ2) is 6.67. The van der Waals surface area contributed by atoms with E-state index in [4.69, 9.17) is 37.2 Å². The molecule has 3 nitrogen and oxygen atoms in total. The van der Waals surface area contributed by atoms with Gasteiger partial charge in [-0.05, 0) is 51.3 Å².